The van der Waals surface area contributed by atoms with Gasteiger partial charge in [0.25, 0.3) is 17.7 Å². The molecule has 2 heterocycles. The molecule has 7 heteroatoms. The fourth-order valence-electron chi connectivity index (χ4n) is 4.31. The summed E-state index contributed by atoms with van der Waals surface area (Å²) in [5, 5.41) is 2.92. The van der Waals surface area contributed by atoms with Crippen LogP contribution in [0.25, 0.3) is 22.6 Å². The van der Waals surface area contributed by atoms with Crippen molar-refractivity contribution in [2.75, 3.05) is 10.2 Å². The topological polar surface area (TPSA) is 92.5 Å². The first-order valence-electron chi connectivity index (χ1n) is 11.4. The summed E-state index contributed by atoms with van der Waals surface area (Å²) in [4.78, 5) is 44.2. The lowest BCUT2D eigenvalue weighted by atomic mass is 10.1. The van der Waals surface area contributed by atoms with E-state index in [9.17, 15) is 14.4 Å². The van der Waals surface area contributed by atoms with E-state index in [4.69, 9.17) is 4.42 Å². The number of carbonyl (C=O) groups excluding carboxylic acids is 3. The molecule has 0 aliphatic carbocycles. The molecule has 4 aromatic carbocycles. The zero-order chi connectivity index (χ0) is 24.8. The molecule has 0 saturated carbocycles. The molecule has 6 rings (SSSR count). The van der Waals surface area contributed by atoms with Crippen LogP contribution < -0.4 is 10.2 Å². The quantitative estimate of drug-likeness (QED) is 0.330. The normalized spacial score (nSPS) is 12.8. The van der Waals surface area contributed by atoms with Crippen LogP contribution in [-0.2, 0) is 0 Å². The van der Waals surface area contributed by atoms with E-state index in [1.165, 1.54) is 0 Å². The maximum atomic E-state index is 13.0. The maximum absolute atomic E-state index is 13.0. The minimum atomic E-state index is -0.379. The molecule has 1 aromatic heterocycles. The first-order chi connectivity index (χ1) is 17.5. The molecule has 174 valence electrons. The monoisotopic (exact) mass is 473 g/mol. The van der Waals surface area contributed by atoms with Crippen LogP contribution >= 0.6 is 0 Å². The lowest BCUT2D eigenvalue weighted by Gasteiger charge is -2.14. The van der Waals surface area contributed by atoms with Crippen molar-refractivity contribution in [3.8, 4) is 11.5 Å². The largest absolute Gasteiger partial charge is 0.436 e. The van der Waals surface area contributed by atoms with Gasteiger partial charge in [0.15, 0.2) is 5.58 Å². The number of hydrogen-bond acceptors (Lipinski definition) is 5. The van der Waals surface area contributed by atoms with Crippen LogP contribution in [0.2, 0.25) is 0 Å². The third-order valence-electron chi connectivity index (χ3n) is 6.13. The number of oxazole rings is 1. The van der Waals surface area contributed by atoms with Crippen molar-refractivity contribution in [2.24, 2.45) is 0 Å². The zero-order valence-corrected chi connectivity index (χ0v) is 19.2. The van der Waals surface area contributed by atoms with E-state index in [1.54, 1.807) is 54.6 Å². The number of carbonyl (C=O) groups is 3. The van der Waals surface area contributed by atoms with Crippen molar-refractivity contribution in [2.45, 2.75) is 6.92 Å². The number of fused-ring (bicyclic) bond motifs is 2. The van der Waals surface area contributed by atoms with E-state index in [0.717, 1.165) is 16.0 Å². The number of rotatable bonds is 4. The number of benzene rings is 4. The first kappa shape index (κ1) is 21.5. The number of nitrogens with one attached hydrogen (secondary N) is 1. The highest BCUT2D eigenvalue weighted by Gasteiger charge is 2.36. The fraction of sp³-hybridized carbons (Fsp3) is 0.0345. The number of para-hydroxylation sites is 1. The van der Waals surface area contributed by atoms with E-state index in [2.05, 4.69) is 10.3 Å². The van der Waals surface area contributed by atoms with Crippen molar-refractivity contribution in [1.82, 2.24) is 4.98 Å². The molecule has 0 saturated heterocycles. The standard InChI is InChI=1S/C29H19N3O4/c1-17-10-15-25-24(16-17)31-27(36-25)22-8-4-5-9-23(22)30-26(33)18-11-13-19(14-12-18)32-28(34)20-6-2-3-7-21(20)29(32)35/h2-16H,1H3,(H,30,33). The van der Waals surface area contributed by atoms with E-state index < -0.39 is 0 Å². The van der Waals surface area contributed by atoms with Gasteiger partial charge in [-0.1, -0.05) is 30.3 Å². The van der Waals surface area contributed by atoms with Crippen molar-refractivity contribution < 1.29 is 18.8 Å². The van der Waals surface area contributed by atoms with Gasteiger partial charge >= 0.3 is 0 Å². The lowest BCUT2D eigenvalue weighted by Crippen LogP contribution is -2.29. The lowest BCUT2D eigenvalue weighted by molar-refractivity contribution is 0.0925. The van der Waals surface area contributed by atoms with Crippen LogP contribution in [0.3, 0.4) is 0 Å². The molecule has 1 aliphatic rings. The SMILES string of the molecule is Cc1ccc2oc(-c3ccccc3NC(=O)c3ccc(N4C(=O)c5ccccc5C4=O)cc3)nc2c1. The van der Waals surface area contributed by atoms with E-state index in [-0.39, 0.29) is 17.7 Å². The first-order valence-corrected chi connectivity index (χ1v) is 11.4. The summed E-state index contributed by atoms with van der Waals surface area (Å²) in [7, 11) is 0. The van der Waals surface area contributed by atoms with Crippen LogP contribution in [0, 0.1) is 6.92 Å². The second kappa shape index (κ2) is 8.32. The van der Waals surface area contributed by atoms with Gasteiger partial charge in [-0.05, 0) is 73.2 Å². The predicted octanol–water partition coefficient (Wildman–Crippen LogP) is 5.86. The molecule has 0 unspecified atom stereocenters. The molecule has 3 amide bonds. The second-order valence-corrected chi connectivity index (χ2v) is 8.53. The van der Waals surface area contributed by atoms with Crippen LogP contribution in [0.5, 0.6) is 0 Å². The Morgan fingerprint density at radius 1 is 0.806 bits per heavy atom. The number of aromatic nitrogens is 1. The molecular weight excluding hydrogens is 454 g/mol. The number of hydrogen-bond donors (Lipinski definition) is 1. The number of anilines is 2. The predicted molar refractivity (Wildman–Crippen MR) is 136 cm³/mol. The highest BCUT2D eigenvalue weighted by molar-refractivity contribution is 6.34. The van der Waals surface area contributed by atoms with Gasteiger partial charge in [0, 0.05) is 5.56 Å². The van der Waals surface area contributed by atoms with Crippen LogP contribution in [0.4, 0.5) is 11.4 Å². The molecular formula is C29H19N3O4. The molecule has 0 spiro atoms. The molecule has 36 heavy (non-hydrogen) atoms. The van der Waals surface area contributed by atoms with Gasteiger partial charge in [0.1, 0.15) is 5.52 Å². The molecule has 0 radical (unpaired) electrons. The van der Waals surface area contributed by atoms with Gasteiger partial charge in [-0.2, -0.15) is 0 Å². The highest BCUT2D eigenvalue weighted by atomic mass is 16.3. The van der Waals surface area contributed by atoms with E-state index in [0.29, 0.717) is 45.1 Å². The molecule has 0 atom stereocenters. The summed E-state index contributed by atoms with van der Waals surface area (Å²) in [6.07, 6.45) is 0. The number of amides is 3. The van der Waals surface area contributed by atoms with Crippen LogP contribution in [0.1, 0.15) is 36.6 Å². The van der Waals surface area contributed by atoms with Crippen molar-refractivity contribution in [3.63, 3.8) is 0 Å². The van der Waals surface area contributed by atoms with Crippen LogP contribution in [0.15, 0.2) is 95.4 Å². The van der Waals surface area contributed by atoms with Gasteiger partial charge in [-0.3, -0.25) is 14.4 Å². The average molecular weight is 473 g/mol. The summed E-state index contributed by atoms with van der Waals surface area (Å²) in [6.45, 7) is 1.99. The Labute approximate surface area is 206 Å². The van der Waals surface area contributed by atoms with E-state index in [1.807, 2.05) is 43.3 Å². The Morgan fingerprint density at radius 3 is 2.14 bits per heavy atom. The molecule has 0 bridgehead atoms. The number of imide groups is 1. The summed E-state index contributed by atoms with van der Waals surface area (Å²) in [6, 6.07) is 26.1. The third kappa shape index (κ3) is 3.54. The Kier molecular flexibility index (Phi) is 4.97. The molecule has 5 aromatic rings. The van der Waals surface area contributed by atoms with Gasteiger partial charge in [-0.25, -0.2) is 9.88 Å². The summed E-state index contributed by atoms with van der Waals surface area (Å²) in [5.74, 6) is -0.693. The van der Waals surface area contributed by atoms with Gasteiger partial charge in [-0.15, -0.1) is 0 Å². The minimum absolute atomic E-state index is 0.344. The Morgan fingerprint density at radius 2 is 1.44 bits per heavy atom. The smallest absolute Gasteiger partial charge is 0.266 e. The van der Waals surface area contributed by atoms with Crippen molar-refractivity contribution >= 4 is 40.2 Å². The molecule has 0 fully saturated rings. The maximum Gasteiger partial charge on any atom is 0.266 e. The Balaban J connectivity index is 1.25. The fourth-order valence-corrected chi connectivity index (χ4v) is 4.31. The van der Waals surface area contributed by atoms with Gasteiger partial charge in [0.05, 0.1) is 28.1 Å². The highest BCUT2D eigenvalue weighted by Crippen LogP contribution is 2.31. The molecule has 7 nitrogen and oxygen atoms in total. The summed E-state index contributed by atoms with van der Waals surface area (Å²) in [5.41, 5.74) is 5.21. The van der Waals surface area contributed by atoms with E-state index >= 15 is 0 Å². The number of aryl methyl sites for hydroxylation is 1. The Bertz CT molecular complexity index is 1650. The zero-order valence-electron chi connectivity index (χ0n) is 19.2. The van der Waals surface area contributed by atoms with Gasteiger partial charge < -0.3 is 9.73 Å². The minimum Gasteiger partial charge on any atom is -0.436 e. The van der Waals surface area contributed by atoms with Crippen molar-refractivity contribution in [1.29, 1.82) is 0 Å². The Hall–Kier alpha value is -5.04. The second-order valence-electron chi connectivity index (χ2n) is 8.53. The molecule has 1 N–H and O–H groups in total. The average Bonchev–Trinajstić information content (AvgIpc) is 3.42. The molecule has 1 aliphatic heterocycles. The third-order valence-corrected chi connectivity index (χ3v) is 6.13. The summed E-state index contributed by atoms with van der Waals surface area (Å²) >= 11 is 0. The van der Waals surface area contributed by atoms with Crippen LogP contribution in [-0.4, -0.2) is 22.7 Å². The summed E-state index contributed by atoms with van der Waals surface area (Å²) < 4.78 is 5.92. The van der Waals surface area contributed by atoms with Gasteiger partial charge in [0.2, 0.25) is 5.89 Å². The van der Waals surface area contributed by atoms with Crippen molar-refractivity contribution in [3.05, 3.63) is 113 Å². The number of nitrogens with zero attached hydrogens (tertiary/aromatic N) is 2.